The molecule has 27 heavy (non-hydrogen) atoms. The van der Waals surface area contributed by atoms with E-state index in [1.807, 2.05) is 0 Å². The fourth-order valence-corrected chi connectivity index (χ4v) is 2.25. The lowest BCUT2D eigenvalue weighted by Gasteiger charge is -2.14. The second-order valence-electron chi connectivity index (χ2n) is 5.24. The number of phenolic OH excluding ortho intramolecular Hbond substituents is 2. The molecule has 0 heterocycles. The highest BCUT2D eigenvalue weighted by atomic mass is 16.5. The minimum atomic E-state index is -0.910. The van der Waals surface area contributed by atoms with Crippen molar-refractivity contribution in [1.29, 1.82) is 0 Å². The molecular weight excluding hydrogens is 358 g/mol. The lowest BCUT2D eigenvalue weighted by Crippen LogP contribution is -2.21. The number of anilines is 1. The number of aromatic hydroxyl groups is 2. The summed E-state index contributed by atoms with van der Waals surface area (Å²) in [6, 6.07) is 6.43. The van der Waals surface area contributed by atoms with Gasteiger partial charge < -0.3 is 34.5 Å². The molecule has 0 aliphatic carbocycles. The lowest BCUT2D eigenvalue weighted by atomic mass is 10.2. The van der Waals surface area contributed by atoms with E-state index in [-0.39, 0.29) is 11.3 Å². The maximum absolute atomic E-state index is 12.0. The van der Waals surface area contributed by atoms with Crippen LogP contribution in [0, 0.1) is 0 Å². The van der Waals surface area contributed by atoms with E-state index in [1.165, 1.54) is 45.6 Å². The van der Waals surface area contributed by atoms with E-state index >= 15 is 0 Å². The fraction of sp³-hybridized carbons (Fsp3) is 0.222. The summed E-state index contributed by atoms with van der Waals surface area (Å²) in [5, 5.41) is 21.4. The Kier molecular flexibility index (Phi) is 6.32. The fourth-order valence-electron chi connectivity index (χ4n) is 2.25. The number of hydrogen-bond acceptors (Lipinski definition) is 8. The molecule has 0 saturated carbocycles. The van der Waals surface area contributed by atoms with Crippen molar-refractivity contribution < 1.29 is 38.7 Å². The normalized spacial score (nSPS) is 10.0. The minimum absolute atomic E-state index is 0.173. The third-order valence-electron chi connectivity index (χ3n) is 3.48. The van der Waals surface area contributed by atoms with Gasteiger partial charge in [0.15, 0.2) is 18.1 Å². The van der Waals surface area contributed by atoms with Crippen LogP contribution in [0.4, 0.5) is 5.69 Å². The van der Waals surface area contributed by atoms with Crippen molar-refractivity contribution in [3.63, 3.8) is 0 Å². The van der Waals surface area contributed by atoms with Crippen LogP contribution in [0.5, 0.6) is 28.7 Å². The standard InChI is InChI=1S/C18H19NO8/c1-24-14-6-10(7-15(25-2)17(14)26-3)19-16(22)9-27-18(23)12-5-4-11(20)8-13(12)21/h4-8,20-21H,9H2,1-3H3,(H,19,22). The van der Waals surface area contributed by atoms with Gasteiger partial charge >= 0.3 is 5.97 Å². The van der Waals surface area contributed by atoms with E-state index in [2.05, 4.69) is 5.32 Å². The Morgan fingerprint density at radius 2 is 1.59 bits per heavy atom. The van der Waals surface area contributed by atoms with E-state index in [4.69, 9.17) is 18.9 Å². The number of rotatable bonds is 7. The zero-order valence-corrected chi connectivity index (χ0v) is 14.9. The number of esters is 1. The number of carbonyl (C=O) groups is 2. The molecule has 0 aliphatic heterocycles. The van der Waals surface area contributed by atoms with Crippen molar-refractivity contribution in [1.82, 2.24) is 0 Å². The van der Waals surface area contributed by atoms with Gasteiger partial charge in [-0.25, -0.2) is 4.79 Å². The van der Waals surface area contributed by atoms with Gasteiger partial charge in [0, 0.05) is 23.9 Å². The van der Waals surface area contributed by atoms with Crippen LogP contribution in [0.25, 0.3) is 0 Å². The molecule has 144 valence electrons. The third-order valence-corrected chi connectivity index (χ3v) is 3.48. The van der Waals surface area contributed by atoms with Crippen LogP contribution < -0.4 is 19.5 Å². The maximum atomic E-state index is 12.0. The van der Waals surface area contributed by atoms with Crippen LogP contribution in [0.15, 0.2) is 30.3 Å². The SMILES string of the molecule is COc1cc(NC(=O)COC(=O)c2ccc(O)cc2O)cc(OC)c1OC. The van der Waals surface area contributed by atoms with Crippen LogP contribution in [0.1, 0.15) is 10.4 Å². The number of amides is 1. The topological polar surface area (TPSA) is 124 Å². The zero-order valence-electron chi connectivity index (χ0n) is 14.9. The third kappa shape index (κ3) is 4.72. The van der Waals surface area contributed by atoms with Crippen molar-refractivity contribution in [3.05, 3.63) is 35.9 Å². The van der Waals surface area contributed by atoms with E-state index in [0.29, 0.717) is 22.9 Å². The highest BCUT2D eigenvalue weighted by Gasteiger charge is 2.17. The number of phenols is 2. The number of methoxy groups -OCH3 is 3. The molecule has 2 rings (SSSR count). The molecule has 0 fully saturated rings. The molecule has 0 bridgehead atoms. The van der Waals surface area contributed by atoms with E-state index in [9.17, 15) is 19.8 Å². The van der Waals surface area contributed by atoms with Gasteiger partial charge in [-0.2, -0.15) is 0 Å². The Labute approximate surface area is 155 Å². The Bertz CT molecular complexity index is 824. The summed E-state index contributed by atoms with van der Waals surface area (Å²) < 4.78 is 20.4. The van der Waals surface area contributed by atoms with E-state index in [0.717, 1.165) is 6.07 Å². The first-order chi connectivity index (χ1) is 12.9. The molecule has 0 unspecified atom stereocenters. The zero-order chi connectivity index (χ0) is 20.0. The number of nitrogens with one attached hydrogen (secondary N) is 1. The quantitative estimate of drug-likeness (QED) is 0.625. The molecule has 9 nitrogen and oxygen atoms in total. The van der Waals surface area contributed by atoms with Crippen LogP contribution in [-0.2, 0) is 9.53 Å². The molecule has 3 N–H and O–H groups in total. The first-order valence-corrected chi connectivity index (χ1v) is 7.68. The molecule has 0 radical (unpaired) electrons. The molecule has 0 aliphatic rings. The number of carbonyl (C=O) groups excluding carboxylic acids is 2. The molecule has 9 heteroatoms. The minimum Gasteiger partial charge on any atom is -0.508 e. The Balaban J connectivity index is 2.04. The average Bonchev–Trinajstić information content (AvgIpc) is 2.65. The molecule has 2 aromatic rings. The first-order valence-electron chi connectivity index (χ1n) is 7.68. The smallest absolute Gasteiger partial charge is 0.342 e. The van der Waals surface area contributed by atoms with Crippen LogP contribution in [0.3, 0.4) is 0 Å². The van der Waals surface area contributed by atoms with Gasteiger partial charge in [0.05, 0.1) is 21.3 Å². The Morgan fingerprint density at radius 1 is 0.963 bits per heavy atom. The molecule has 0 spiro atoms. The Hall–Kier alpha value is -3.62. The largest absolute Gasteiger partial charge is 0.508 e. The lowest BCUT2D eigenvalue weighted by molar-refractivity contribution is -0.119. The number of benzene rings is 2. The van der Waals surface area contributed by atoms with Crippen LogP contribution in [-0.4, -0.2) is 50.0 Å². The monoisotopic (exact) mass is 377 g/mol. The van der Waals surface area contributed by atoms with Gasteiger partial charge in [-0.3, -0.25) is 4.79 Å². The van der Waals surface area contributed by atoms with Gasteiger partial charge in [0.2, 0.25) is 5.75 Å². The van der Waals surface area contributed by atoms with E-state index in [1.54, 1.807) is 0 Å². The predicted molar refractivity (Wildman–Crippen MR) is 94.8 cm³/mol. The summed E-state index contributed by atoms with van der Waals surface area (Å²) in [6.45, 7) is -0.587. The summed E-state index contributed by atoms with van der Waals surface area (Å²) >= 11 is 0. The van der Waals surface area contributed by atoms with Gasteiger partial charge in [0.25, 0.3) is 5.91 Å². The van der Waals surface area contributed by atoms with Gasteiger partial charge in [-0.1, -0.05) is 0 Å². The average molecular weight is 377 g/mol. The van der Waals surface area contributed by atoms with Crippen molar-refractivity contribution in [2.24, 2.45) is 0 Å². The van der Waals surface area contributed by atoms with Gasteiger partial charge in [-0.15, -0.1) is 0 Å². The van der Waals surface area contributed by atoms with Gasteiger partial charge in [0.1, 0.15) is 17.1 Å². The van der Waals surface area contributed by atoms with Crippen LogP contribution in [0.2, 0.25) is 0 Å². The number of hydrogen-bond donors (Lipinski definition) is 3. The van der Waals surface area contributed by atoms with Crippen molar-refractivity contribution in [2.75, 3.05) is 33.3 Å². The summed E-state index contributed by atoms with van der Waals surface area (Å²) in [7, 11) is 4.33. The van der Waals surface area contributed by atoms with Crippen LogP contribution >= 0.6 is 0 Å². The molecule has 2 aromatic carbocycles. The second-order valence-corrected chi connectivity index (χ2v) is 5.24. The van der Waals surface area contributed by atoms with Gasteiger partial charge in [-0.05, 0) is 12.1 Å². The summed E-state index contributed by atoms with van der Waals surface area (Å²) in [6.07, 6.45) is 0. The Morgan fingerprint density at radius 3 is 2.11 bits per heavy atom. The molecule has 1 amide bonds. The van der Waals surface area contributed by atoms with E-state index < -0.39 is 24.2 Å². The molecule has 0 atom stereocenters. The molecular formula is C18H19NO8. The van der Waals surface area contributed by atoms with Crippen molar-refractivity contribution in [3.8, 4) is 28.7 Å². The molecule has 0 saturated heterocycles. The second kappa shape index (κ2) is 8.65. The molecule has 0 aromatic heterocycles. The number of ether oxygens (including phenoxy) is 4. The predicted octanol–water partition coefficient (Wildman–Crippen LogP) is 1.92. The van der Waals surface area contributed by atoms with Crippen molar-refractivity contribution in [2.45, 2.75) is 0 Å². The highest BCUT2D eigenvalue weighted by molar-refractivity contribution is 5.97. The summed E-state index contributed by atoms with van der Waals surface area (Å²) in [5.74, 6) is -1.12. The first kappa shape index (κ1) is 19.7. The highest BCUT2D eigenvalue weighted by Crippen LogP contribution is 2.39. The summed E-state index contributed by atoms with van der Waals surface area (Å²) in [4.78, 5) is 24.0. The van der Waals surface area contributed by atoms with Crippen molar-refractivity contribution >= 4 is 17.6 Å². The maximum Gasteiger partial charge on any atom is 0.342 e. The summed E-state index contributed by atoms with van der Waals surface area (Å²) in [5.41, 5.74) is 0.173.